The van der Waals surface area contributed by atoms with E-state index in [0.717, 1.165) is 11.3 Å². The van der Waals surface area contributed by atoms with Gasteiger partial charge >= 0.3 is 0 Å². The molecule has 1 fully saturated rings. The second-order valence-corrected chi connectivity index (χ2v) is 5.15. The van der Waals surface area contributed by atoms with Crippen molar-refractivity contribution in [1.82, 2.24) is 20.1 Å². The van der Waals surface area contributed by atoms with E-state index in [1.165, 1.54) is 11.3 Å². The van der Waals surface area contributed by atoms with Crippen LogP contribution in [-0.2, 0) is 4.74 Å². The van der Waals surface area contributed by atoms with Gasteiger partial charge in [-0.25, -0.2) is 4.98 Å². The fourth-order valence-electron chi connectivity index (χ4n) is 2.24. The molecule has 0 aliphatic carbocycles. The molecule has 1 aliphatic heterocycles. The molecule has 3 heterocycles. The van der Waals surface area contributed by atoms with Crippen LogP contribution in [0.1, 0.15) is 27.8 Å². The van der Waals surface area contributed by atoms with E-state index < -0.39 is 0 Å². The summed E-state index contributed by atoms with van der Waals surface area (Å²) in [6.45, 7) is 3.58. The predicted molar refractivity (Wildman–Crippen MR) is 70.0 cm³/mol. The molecule has 1 saturated heterocycles. The van der Waals surface area contributed by atoms with Crippen LogP contribution in [0.15, 0.2) is 17.1 Å². The average Bonchev–Trinajstić information content (AvgIpc) is 3.09. The highest BCUT2D eigenvalue weighted by atomic mass is 32.1. The Labute approximate surface area is 114 Å². The quantitative estimate of drug-likeness (QED) is 0.901. The lowest BCUT2D eigenvalue weighted by molar-refractivity contribution is -0.00434. The molecular formula is C12H14N4O2S. The number of aromatic nitrogens is 3. The van der Waals surface area contributed by atoms with E-state index in [9.17, 15) is 4.79 Å². The number of aromatic amines is 1. The Kier molecular flexibility index (Phi) is 3.31. The standard InChI is InChI=1S/C12H14N4O2S/c1-8-4-14-15-11(8)10-5-18-3-2-16(10)12(17)9-6-19-7-13-9/h4,6-7,10H,2-3,5H2,1H3,(H,14,15). The fourth-order valence-corrected chi connectivity index (χ4v) is 2.77. The summed E-state index contributed by atoms with van der Waals surface area (Å²) in [4.78, 5) is 18.4. The van der Waals surface area contributed by atoms with E-state index in [0.29, 0.717) is 25.5 Å². The lowest BCUT2D eigenvalue weighted by Crippen LogP contribution is -2.43. The van der Waals surface area contributed by atoms with Crippen molar-refractivity contribution >= 4 is 17.2 Å². The number of amides is 1. The first kappa shape index (κ1) is 12.3. The van der Waals surface area contributed by atoms with Gasteiger partial charge < -0.3 is 9.64 Å². The second-order valence-electron chi connectivity index (χ2n) is 4.43. The second kappa shape index (κ2) is 5.10. The van der Waals surface area contributed by atoms with E-state index in [2.05, 4.69) is 15.2 Å². The van der Waals surface area contributed by atoms with Gasteiger partial charge in [-0.2, -0.15) is 5.10 Å². The third kappa shape index (κ3) is 2.26. The minimum Gasteiger partial charge on any atom is -0.377 e. The molecule has 19 heavy (non-hydrogen) atoms. The van der Waals surface area contributed by atoms with Crippen LogP contribution >= 0.6 is 11.3 Å². The summed E-state index contributed by atoms with van der Waals surface area (Å²) in [6, 6.07) is -0.120. The summed E-state index contributed by atoms with van der Waals surface area (Å²) in [5, 5.41) is 8.76. The molecular weight excluding hydrogens is 264 g/mol. The van der Waals surface area contributed by atoms with E-state index in [4.69, 9.17) is 4.74 Å². The van der Waals surface area contributed by atoms with Crippen LogP contribution in [0.2, 0.25) is 0 Å². The van der Waals surface area contributed by atoms with Crippen molar-refractivity contribution in [3.05, 3.63) is 34.0 Å². The SMILES string of the molecule is Cc1cn[nH]c1C1COCCN1C(=O)c1cscn1. The maximum atomic E-state index is 12.5. The molecule has 1 aliphatic rings. The van der Waals surface area contributed by atoms with Gasteiger partial charge in [-0.15, -0.1) is 11.3 Å². The highest BCUT2D eigenvalue weighted by Gasteiger charge is 2.31. The molecule has 0 aromatic carbocycles. The Morgan fingerprint density at radius 1 is 1.63 bits per heavy atom. The highest BCUT2D eigenvalue weighted by Crippen LogP contribution is 2.26. The summed E-state index contributed by atoms with van der Waals surface area (Å²) in [7, 11) is 0. The van der Waals surface area contributed by atoms with Crippen molar-refractivity contribution in [2.24, 2.45) is 0 Å². The third-order valence-corrected chi connectivity index (χ3v) is 3.83. The number of hydrogen-bond acceptors (Lipinski definition) is 5. The van der Waals surface area contributed by atoms with Crippen molar-refractivity contribution in [2.75, 3.05) is 19.8 Å². The van der Waals surface area contributed by atoms with Crippen LogP contribution in [0.4, 0.5) is 0 Å². The van der Waals surface area contributed by atoms with Gasteiger partial charge in [-0.3, -0.25) is 9.89 Å². The molecule has 3 rings (SSSR count). The number of nitrogens with zero attached hydrogens (tertiary/aromatic N) is 3. The summed E-state index contributed by atoms with van der Waals surface area (Å²) in [5.41, 5.74) is 4.13. The molecule has 0 saturated carbocycles. The van der Waals surface area contributed by atoms with Crippen molar-refractivity contribution in [3.63, 3.8) is 0 Å². The average molecular weight is 278 g/mol. The molecule has 0 spiro atoms. The molecule has 0 radical (unpaired) electrons. The number of hydrogen-bond donors (Lipinski definition) is 1. The zero-order chi connectivity index (χ0) is 13.2. The first-order valence-corrected chi connectivity index (χ1v) is 6.98. The Bertz CT molecular complexity index is 566. The number of carbonyl (C=O) groups excluding carboxylic acids is 1. The first-order valence-electron chi connectivity index (χ1n) is 6.04. The van der Waals surface area contributed by atoms with Crippen LogP contribution in [0.25, 0.3) is 0 Å². The minimum atomic E-state index is -0.120. The van der Waals surface area contributed by atoms with Crippen molar-refractivity contribution in [1.29, 1.82) is 0 Å². The third-order valence-electron chi connectivity index (χ3n) is 3.24. The number of ether oxygens (including phenoxy) is 1. The van der Waals surface area contributed by atoms with Gasteiger partial charge in [-0.05, 0) is 12.5 Å². The largest absolute Gasteiger partial charge is 0.377 e. The number of thiazole rings is 1. The number of morpholine rings is 1. The molecule has 2 aromatic heterocycles. The summed E-state index contributed by atoms with van der Waals surface area (Å²) in [6.07, 6.45) is 1.76. The van der Waals surface area contributed by atoms with Crippen LogP contribution < -0.4 is 0 Å². The van der Waals surface area contributed by atoms with Crippen LogP contribution in [-0.4, -0.2) is 45.7 Å². The molecule has 0 bridgehead atoms. The van der Waals surface area contributed by atoms with Gasteiger partial charge in [0.25, 0.3) is 5.91 Å². The van der Waals surface area contributed by atoms with Gasteiger partial charge in [0.1, 0.15) is 5.69 Å². The van der Waals surface area contributed by atoms with Crippen LogP contribution in [0.5, 0.6) is 0 Å². The molecule has 1 atom stereocenters. The van der Waals surface area contributed by atoms with E-state index in [1.54, 1.807) is 22.0 Å². The van der Waals surface area contributed by atoms with Gasteiger partial charge in [0, 0.05) is 11.9 Å². The Hall–Kier alpha value is -1.73. The first-order chi connectivity index (χ1) is 9.27. The van der Waals surface area contributed by atoms with E-state index in [1.807, 2.05) is 6.92 Å². The summed E-state index contributed by atoms with van der Waals surface area (Å²) in [5.74, 6) is -0.0523. The van der Waals surface area contributed by atoms with E-state index >= 15 is 0 Å². The lowest BCUT2D eigenvalue weighted by Gasteiger charge is -2.34. The number of nitrogens with one attached hydrogen (secondary N) is 1. The zero-order valence-electron chi connectivity index (χ0n) is 10.5. The Balaban J connectivity index is 1.90. The van der Waals surface area contributed by atoms with Gasteiger partial charge in [0.05, 0.1) is 36.7 Å². The molecule has 100 valence electrons. The summed E-state index contributed by atoms with van der Waals surface area (Å²) >= 11 is 1.42. The molecule has 1 amide bonds. The smallest absolute Gasteiger partial charge is 0.274 e. The molecule has 1 unspecified atom stereocenters. The monoisotopic (exact) mass is 278 g/mol. The van der Waals surface area contributed by atoms with Crippen LogP contribution in [0, 0.1) is 6.92 Å². The van der Waals surface area contributed by atoms with Crippen molar-refractivity contribution < 1.29 is 9.53 Å². The van der Waals surface area contributed by atoms with Gasteiger partial charge in [0.2, 0.25) is 0 Å². The number of rotatable bonds is 2. The maximum Gasteiger partial charge on any atom is 0.274 e. The number of carbonyl (C=O) groups is 1. The molecule has 7 heteroatoms. The van der Waals surface area contributed by atoms with Crippen molar-refractivity contribution in [3.8, 4) is 0 Å². The molecule has 6 nitrogen and oxygen atoms in total. The Morgan fingerprint density at radius 2 is 2.53 bits per heavy atom. The molecule has 2 aromatic rings. The lowest BCUT2D eigenvalue weighted by atomic mass is 10.1. The maximum absolute atomic E-state index is 12.5. The summed E-state index contributed by atoms with van der Waals surface area (Å²) < 4.78 is 5.50. The number of H-pyrrole nitrogens is 1. The van der Waals surface area contributed by atoms with Crippen molar-refractivity contribution in [2.45, 2.75) is 13.0 Å². The van der Waals surface area contributed by atoms with E-state index in [-0.39, 0.29) is 11.9 Å². The fraction of sp³-hybridized carbons (Fsp3) is 0.417. The molecule has 1 N–H and O–H groups in total. The normalized spacial score (nSPS) is 19.6. The van der Waals surface area contributed by atoms with Gasteiger partial charge in [0.15, 0.2) is 0 Å². The minimum absolute atomic E-state index is 0.0523. The van der Waals surface area contributed by atoms with Crippen LogP contribution in [0.3, 0.4) is 0 Å². The highest BCUT2D eigenvalue weighted by molar-refractivity contribution is 7.07. The number of aryl methyl sites for hydroxylation is 1. The Morgan fingerprint density at radius 3 is 3.21 bits per heavy atom. The predicted octanol–water partition coefficient (Wildman–Crippen LogP) is 1.39. The van der Waals surface area contributed by atoms with Gasteiger partial charge in [-0.1, -0.05) is 0 Å². The topological polar surface area (TPSA) is 71.1 Å². The zero-order valence-corrected chi connectivity index (χ0v) is 11.3.